The molecule has 0 aliphatic carbocycles. The molecule has 86 valence electrons. The van der Waals surface area contributed by atoms with Crippen molar-refractivity contribution in [3.8, 4) is 0 Å². The second-order valence-electron chi connectivity index (χ2n) is 4.31. The van der Waals surface area contributed by atoms with Gasteiger partial charge in [-0.2, -0.15) is 10.2 Å². The van der Waals surface area contributed by atoms with Crippen molar-refractivity contribution in [2.24, 2.45) is 11.7 Å². The lowest BCUT2D eigenvalue weighted by atomic mass is 9.94. The predicted octanol–water partition coefficient (Wildman–Crippen LogP) is 0.286. The number of hydrogen-bond donors (Lipinski definition) is 1. The van der Waals surface area contributed by atoms with E-state index < -0.39 is 0 Å². The van der Waals surface area contributed by atoms with Gasteiger partial charge in [0.05, 0.1) is 18.0 Å². The normalized spacial score (nSPS) is 25.5. The molecule has 0 spiro atoms. The van der Waals surface area contributed by atoms with Gasteiger partial charge in [-0.05, 0) is 18.4 Å². The highest BCUT2D eigenvalue weighted by atomic mass is 16.2. The molecule has 5 nitrogen and oxygen atoms in total. The van der Waals surface area contributed by atoms with Gasteiger partial charge in [0.2, 0.25) is 0 Å². The van der Waals surface area contributed by atoms with Gasteiger partial charge in [-0.1, -0.05) is 6.92 Å². The van der Waals surface area contributed by atoms with Crippen LogP contribution in [0.1, 0.15) is 23.7 Å². The minimum Gasteiger partial charge on any atom is -0.337 e. The van der Waals surface area contributed by atoms with Crippen LogP contribution in [0.2, 0.25) is 0 Å². The summed E-state index contributed by atoms with van der Waals surface area (Å²) in [6.07, 6.45) is 3.98. The Bertz CT molecular complexity index is 368. The monoisotopic (exact) mass is 220 g/mol. The number of likely N-dealkylation sites (tertiary alicyclic amines) is 1. The summed E-state index contributed by atoms with van der Waals surface area (Å²) in [7, 11) is 0. The maximum atomic E-state index is 12.1. The van der Waals surface area contributed by atoms with E-state index in [4.69, 9.17) is 5.73 Å². The van der Waals surface area contributed by atoms with E-state index in [1.165, 1.54) is 12.4 Å². The highest BCUT2D eigenvalue weighted by Crippen LogP contribution is 2.17. The molecule has 1 aromatic rings. The van der Waals surface area contributed by atoms with Crippen LogP contribution in [-0.2, 0) is 0 Å². The molecule has 2 unspecified atom stereocenters. The Morgan fingerprint density at radius 1 is 1.56 bits per heavy atom. The average molecular weight is 220 g/mol. The van der Waals surface area contributed by atoms with Gasteiger partial charge in [-0.3, -0.25) is 4.79 Å². The summed E-state index contributed by atoms with van der Waals surface area (Å²) in [6, 6.07) is 1.76. The number of nitrogens with two attached hydrogens (primary N) is 1. The van der Waals surface area contributed by atoms with Crippen LogP contribution in [0.25, 0.3) is 0 Å². The summed E-state index contributed by atoms with van der Waals surface area (Å²) in [6.45, 7) is 3.53. The van der Waals surface area contributed by atoms with Gasteiger partial charge in [0.25, 0.3) is 5.91 Å². The largest absolute Gasteiger partial charge is 0.337 e. The van der Waals surface area contributed by atoms with Gasteiger partial charge >= 0.3 is 0 Å². The average Bonchev–Trinajstić information content (AvgIpc) is 2.33. The number of hydrogen-bond acceptors (Lipinski definition) is 4. The van der Waals surface area contributed by atoms with Crippen molar-refractivity contribution < 1.29 is 4.79 Å². The zero-order chi connectivity index (χ0) is 11.5. The second kappa shape index (κ2) is 4.57. The molecule has 5 heteroatoms. The summed E-state index contributed by atoms with van der Waals surface area (Å²) in [5, 5.41) is 7.36. The van der Waals surface area contributed by atoms with E-state index in [9.17, 15) is 4.79 Å². The Hall–Kier alpha value is -1.49. The van der Waals surface area contributed by atoms with Crippen LogP contribution in [0.4, 0.5) is 0 Å². The van der Waals surface area contributed by atoms with Gasteiger partial charge < -0.3 is 10.6 Å². The molecule has 16 heavy (non-hydrogen) atoms. The molecule has 2 heterocycles. The lowest BCUT2D eigenvalue weighted by Gasteiger charge is -2.35. The summed E-state index contributed by atoms with van der Waals surface area (Å²) in [5.74, 6) is 0.483. The van der Waals surface area contributed by atoms with Gasteiger partial charge in [0.1, 0.15) is 0 Å². The molecule has 1 aliphatic heterocycles. The highest BCUT2D eigenvalue weighted by Gasteiger charge is 2.26. The first-order valence-electron chi connectivity index (χ1n) is 5.50. The first-order valence-corrected chi connectivity index (χ1v) is 5.50. The maximum Gasteiger partial charge on any atom is 0.255 e. The van der Waals surface area contributed by atoms with E-state index in [1.54, 1.807) is 11.0 Å². The first-order chi connectivity index (χ1) is 7.68. The van der Waals surface area contributed by atoms with Crippen molar-refractivity contribution in [2.45, 2.75) is 19.4 Å². The fourth-order valence-corrected chi connectivity index (χ4v) is 1.88. The zero-order valence-electron chi connectivity index (χ0n) is 9.34. The van der Waals surface area contributed by atoms with E-state index >= 15 is 0 Å². The van der Waals surface area contributed by atoms with E-state index in [0.717, 1.165) is 13.0 Å². The van der Waals surface area contributed by atoms with Crippen LogP contribution in [0.3, 0.4) is 0 Å². The summed E-state index contributed by atoms with van der Waals surface area (Å²) in [4.78, 5) is 13.8. The minimum absolute atomic E-state index is 0.00255. The molecule has 2 rings (SSSR count). The number of amides is 1. The van der Waals surface area contributed by atoms with Crippen LogP contribution in [0.15, 0.2) is 18.5 Å². The third-order valence-electron chi connectivity index (χ3n) is 3.13. The van der Waals surface area contributed by atoms with Crippen molar-refractivity contribution in [1.82, 2.24) is 15.1 Å². The van der Waals surface area contributed by atoms with E-state index in [0.29, 0.717) is 18.0 Å². The molecule has 1 saturated heterocycles. The van der Waals surface area contributed by atoms with Crippen molar-refractivity contribution in [3.05, 3.63) is 24.0 Å². The fourth-order valence-electron chi connectivity index (χ4n) is 1.88. The standard InChI is InChI=1S/C11H16N4O/c1-8-3-5-15(7-10(8)12)11(16)9-2-4-13-14-6-9/h2,4,6,8,10H,3,5,7,12H2,1H3. The second-order valence-corrected chi connectivity index (χ2v) is 4.31. The first kappa shape index (κ1) is 11.0. The molecular weight excluding hydrogens is 204 g/mol. The van der Waals surface area contributed by atoms with Crippen molar-refractivity contribution >= 4 is 5.91 Å². The molecule has 1 aromatic heterocycles. The van der Waals surface area contributed by atoms with Gasteiger partial charge in [-0.25, -0.2) is 0 Å². The Morgan fingerprint density at radius 3 is 3.00 bits per heavy atom. The van der Waals surface area contributed by atoms with Crippen LogP contribution >= 0.6 is 0 Å². The number of carbonyl (C=O) groups excluding carboxylic acids is 1. The zero-order valence-corrected chi connectivity index (χ0v) is 9.34. The smallest absolute Gasteiger partial charge is 0.255 e. The third kappa shape index (κ3) is 2.19. The summed E-state index contributed by atoms with van der Waals surface area (Å²) >= 11 is 0. The predicted molar refractivity (Wildman–Crippen MR) is 59.7 cm³/mol. The van der Waals surface area contributed by atoms with E-state index in [2.05, 4.69) is 17.1 Å². The van der Waals surface area contributed by atoms with Crippen LogP contribution in [-0.4, -0.2) is 40.1 Å². The van der Waals surface area contributed by atoms with Crippen molar-refractivity contribution in [1.29, 1.82) is 0 Å². The number of carbonyl (C=O) groups is 1. The number of rotatable bonds is 1. The summed E-state index contributed by atoms with van der Waals surface area (Å²) in [5.41, 5.74) is 6.54. The van der Waals surface area contributed by atoms with Gasteiger partial charge in [0, 0.05) is 19.1 Å². The molecule has 1 fully saturated rings. The molecule has 1 amide bonds. The Balaban J connectivity index is 2.06. The van der Waals surface area contributed by atoms with Crippen LogP contribution in [0.5, 0.6) is 0 Å². The minimum atomic E-state index is -0.00255. The lowest BCUT2D eigenvalue weighted by molar-refractivity contribution is 0.0672. The SMILES string of the molecule is CC1CCN(C(=O)c2ccnnc2)CC1N. The van der Waals surface area contributed by atoms with Crippen molar-refractivity contribution in [3.63, 3.8) is 0 Å². The molecule has 2 atom stereocenters. The molecule has 0 saturated carbocycles. The van der Waals surface area contributed by atoms with Crippen LogP contribution < -0.4 is 5.73 Å². The summed E-state index contributed by atoms with van der Waals surface area (Å²) < 4.78 is 0. The quantitative estimate of drug-likeness (QED) is 0.738. The Labute approximate surface area is 94.6 Å². The van der Waals surface area contributed by atoms with Gasteiger partial charge in [-0.15, -0.1) is 0 Å². The molecule has 0 bridgehead atoms. The number of nitrogens with zero attached hydrogens (tertiary/aromatic N) is 3. The molecule has 0 radical (unpaired) electrons. The Morgan fingerprint density at radius 2 is 2.38 bits per heavy atom. The highest BCUT2D eigenvalue weighted by molar-refractivity contribution is 5.93. The topological polar surface area (TPSA) is 72.1 Å². The molecular formula is C11H16N4O. The maximum absolute atomic E-state index is 12.1. The van der Waals surface area contributed by atoms with Crippen LogP contribution in [0, 0.1) is 5.92 Å². The molecule has 0 aromatic carbocycles. The fraction of sp³-hybridized carbons (Fsp3) is 0.545. The number of aromatic nitrogens is 2. The lowest BCUT2D eigenvalue weighted by Crippen LogP contribution is -2.49. The van der Waals surface area contributed by atoms with E-state index in [-0.39, 0.29) is 11.9 Å². The third-order valence-corrected chi connectivity index (χ3v) is 3.13. The van der Waals surface area contributed by atoms with Crippen molar-refractivity contribution in [2.75, 3.05) is 13.1 Å². The number of piperidine rings is 1. The molecule has 2 N–H and O–H groups in total. The molecule has 1 aliphatic rings. The van der Waals surface area contributed by atoms with E-state index in [1.807, 2.05) is 0 Å². The van der Waals surface area contributed by atoms with Gasteiger partial charge in [0.15, 0.2) is 0 Å². The Kier molecular flexibility index (Phi) is 3.14.